The lowest BCUT2D eigenvalue weighted by Crippen LogP contribution is -2.17. The molecule has 102 valence electrons. The van der Waals surface area contributed by atoms with Crippen LogP contribution in [-0.4, -0.2) is 19.8 Å². The smallest absolute Gasteiger partial charge is 0.137 e. The maximum atomic E-state index is 13.2. The van der Waals surface area contributed by atoms with Crippen LogP contribution in [0, 0.1) is 11.7 Å². The fraction of sp³-hybridized carbons (Fsp3) is 0.571. The molecule has 0 saturated heterocycles. The molecule has 0 aliphatic rings. The molecule has 18 heavy (non-hydrogen) atoms. The van der Waals surface area contributed by atoms with Gasteiger partial charge in [0, 0.05) is 19.8 Å². The van der Waals surface area contributed by atoms with Crippen LogP contribution in [0.1, 0.15) is 25.8 Å². The topological polar surface area (TPSA) is 21.3 Å². The summed E-state index contributed by atoms with van der Waals surface area (Å²) in [5.41, 5.74) is 0.943. The van der Waals surface area contributed by atoms with Crippen LogP contribution in [0.2, 0.25) is 0 Å². The van der Waals surface area contributed by atoms with Crippen molar-refractivity contribution in [2.45, 2.75) is 26.8 Å². The summed E-state index contributed by atoms with van der Waals surface area (Å²) in [6.45, 7) is 7.41. The summed E-state index contributed by atoms with van der Waals surface area (Å²) in [7, 11) is 0. The molecule has 0 spiro atoms. The molecule has 2 nitrogen and oxygen atoms in total. The van der Waals surface area contributed by atoms with Crippen LogP contribution in [-0.2, 0) is 11.3 Å². The van der Waals surface area contributed by atoms with Crippen molar-refractivity contribution in [3.05, 3.63) is 34.1 Å². The summed E-state index contributed by atoms with van der Waals surface area (Å²) in [6.07, 6.45) is 0.972. The summed E-state index contributed by atoms with van der Waals surface area (Å²) in [5.74, 6) is 0.371. The SMILES string of the molecule is CC(C)COCCCNCc1cccc(F)c1Br. The van der Waals surface area contributed by atoms with E-state index in [1.54, 1.807) is 6.07 Å². The maximum Gasteiger partial charge on any atom is 0.137 e. The first-order chi connectivity index (χ1) is 8.61. The minimum atomic E-state index is -0.213. The standard InChI is InChI=1S/C14H21BrFNO/c1-11(2)10-18-8-4-7-17-9-12-5-3-6-13(16)14(12)15/h3,5-6,11,17H,4,7-10H2,1-2H3. The molecule has 1 aromatic rings. The molecule has 1 aromatic carbocycles. The van der Waals surface area contributed by atoms with Crippen molar-refractivity contribution >= 4 is 15.9 Å². The van der Waals surface area contributed by atoms with Gasteiger partial charge in [0.1, 0.15) is 5.82 Å². The van der Waals surface area contributed by atoms with Gasteiger partial charge in [-0.1, -0.05) is 26.0 Å². The van der Waals surface area contributed by atoms with E-state index in [9.17, 15) is 4.39 Å². The molecular formula is C14H21BrFNO. The van der Waals surface area contributed by atoms with E-state index in [0.717, 1.165) is 31.7 Å². The van der Waals surface area contributed by atoms with Gasteiger partial charge in [0.2, 0.25) is 0 Å². The van der Waals surface area contributed by atoms with Gasteiger partial charge in [0.15, 0.2) is 0 Å². The first-order valence-corrected chi connectivity index (χ1v) is 7.12. The summed E-state index contributed by atoms with van der Waals surface area (Å²) >= 11 is 3.25. The quantitative estimate of drug-likeness (QED) is 0.737. The fourth-order valence-corrected chi connectivity index (χ4v) is 1.93. The second kappa shape index (κ2) is 8.62. The third kappa shape index (κ3) is 5.94. The molecule has 0 bridgehead atoms. The first kappa shape index (κ1) is 15.6. The normalized spacial score (nSPS) is 11.2. The number of hydrogen-bond acceptors (Lipinski definition) is 2. The Bertz CT molecular complexity index is 358. The minimum absolute atomic E-state index is 0.213. The van der Waals surface area contributed by atoms with E-state index in [-0.39, 0.29) is 5.82 Å². The van der Waals surface area contributed by atoms with E-state index in [1.807, 2.05) is 6.07 Å². The zero-order valence-corrected chi connectivity index (χ0v) is 12.6. The van der Waals surface area contributed by atoms with Crippen molar-refractivity contribution in [2.24, 2.45) is 5.92 Å². The highest BCUT2D eigenvalue weighted by Crippen LogP contribution is 2.19. The van der Waals surface area contributed by atoms with Gasteiger partial charge in [0.25, 0.3) is 0 Å². The summed E-state index contributed by atoms with van der Waals surface area (Å²) in [4.78, 5) is 0. The number of rotatable bonds is 8. The van der Waals surface area contributed by atoms with Gasteiger partial charge in [-0.3, -0.25) is 0 Å². The lowest BCUT2D eigenvalue weighted by atomic mass is 10.2. The Morgan fingerprint density at radius 3 is 2.89 bits per heavy atom. The molecule has 0 fully saturated rings. The predicted octanol–water partition coefficient (Wildman–Crippen LogP) is 3.74. The molecular weight excluding hydrogens is 297 g/mol. The Morgan fingerprint density at radius 1 is 1.39 bits per heavy atom. The minimum Gasteiger partial charge on any atom is -0.381 e. The van der Waals surface area contributed by atoms with Gasteiger partial charge in [-0.05, 0) is 46.4 Å². The molecule has 0 heterocycles. The van der Waals surface area contributed by atoms with Crippen molar-refractivity contribution in [2.75, 3.05) is 19.8 Å². The van der Waals surface area contributed by atoms with Crippen LogP contribution in [0.25, 0.3) is 0 Å². The van der Waals surface area contributed by atoms with Crippen molar-refractivity contribution in [1.82, 2.24) is 5.32 Å². The zero-order valence-electron chi connectivity index (χ0n) is 11.0. The molecule has 0 radical (unpaired) electrons. The van der Waals surface area contributed by atoms with Crippen LogP contribution < -0.4 is 5.32 Å². The molecule has 1 rings (SSSR count). The number of hydrogen-bond donors (Lipinski definition) is 1. The zero-order chi connectivity index (χ0) is 13.4. The molecule has 0 saturated carbocycles. The highest BCUT2D eigenvalue weighted by Gasteiger charge is 2.03. The van der Waals surface area contributed by atoms with Crippen molar-refractivity contribution in [3.63, 3.8) is 0 Å². The van der Waals surface area contributed by atoms with E-state index in [2.05, 4.69) is 35.1 Å². The molecule has 0 aromatic heterocycles. The summed E-state index contributed by atoms with van der Waals surface area (Å²) < 4.78 is 19.3. The van der Waals surface area contributed by atoms with Crippen molar-refractivity contribution in [1.29, 1.82) is 0 Å². The van der Waals surface area contributed by atoms with Crippen LogP contribution in [0.3, 0.4) is 0 Å². The molecule has 0 amide bonds. The largest absolute Gasteiger partial charge is 0.381 e. The van der Waals surface area contributed by atoms with E-state index in [4.69, 9.17) is 4.74 Å². The average Bonchev–Trinajstić information content (AvgIpc) is 2.32. The lowest BCUT2D eigenvalue weighted by Gasteiger charge is -2.09. The van der Waals surface area contributed by atoms with E-state index >= 15 is 0 Å². The van der Waals surface area contributed by atoms with E-state index in [0.29, 0.717) is 16.9 Å². The van der Waals surface area contributed by atoms with Crippen LogP contribution in [0.4, 0.5) is 4.39 Å². The third-order valence-corrected chi connectivity index (χ3v) is 3.33. The number of benzene rings is 1. The average molecular weight is 318 g/mol. The number of nitrogens with one attached hydrogen (secondary N) is 1. The number of halogens is 2. The Hall–Kier alpha value is -0.450. The molecule has 0 unspecified atom stereocenters. The van der Waals surface area contributed by atoms with E-state index in [1.165, 1.54) is 6.07 Å². The molecule has 4 heteroatoms. The lowest BCUT2D eigenvalue weighted by molar-refractivity contribution is 0.108. The maximum absolute atomic E-state index is 13.2. The van der Waals surface area contributed by atoms with Crippen molar-refractivity contribution in [3.8, 4) is 0 Å². The first-order valence-electron chi connectivity index (χ1n) is 6.32. The Labute approximate surface area is 117 Å². The second-order valence-electron chi connectivity index (χ2n) is 4.71. The van der Waals surface area contributed by atoms with Gasteiger partial charge < -0.3 is 10.1 Å². The van der Waals surface area contributed by atoms with Crippen LogP contribution in [0.5, 0.6) is 0 Å². The molecule has 0 aliphatic carbocycles. The van der Waals surface area contributed by atoms with Gasteiger partial charge in [-0.15, -0.1) is 0 Å². The van der Waals surface area contributed by atoms with Gasteiger partial charge in [0.05, 0.1) is 4.47 Å². The third-order valence-electron chi connectivity index (χ3n) is 2.44. The fourth-order valence-electron chi connectivity index (χ4n) is 1.53. The Morgan fingerprint density at radius 2 is 2.17 bits per heavy atom. The number of ether oxygens (including phenoxy) is 1. The van der Waals surface area contributed by atoms with E-state index < -0.39 is 0 Å². The Balaban J connectivity index is 2.13. The van der Waals surface area contributed by atoms with Crippen LogP contribution >= 0.6 is 15.9 Å². The predicted molar refractivity (Wildman–Crippen MR) is 76.1 cm³/mol. The van der Waals surface area contributed by atoms with Crippen molar-refractivity contribution < 1.29 is 9.13 Å². The van der Waals surface area contributed by atoms with Crippen LogP contribution in [0.15, 0.2) is 22.7 Å². The van der Waals surface area contributed by atoms with Gasteiger partial charge in [-0.25, -0.2) is 4.39 Å². The molecule has 0 aliphatic heterocycles. The monoisotopic (exact) mass is 317 g/mol. The molecule has 1 N–H and O–H groups in total. The summed E-state index contributed by atoms with van der Waals surface area (Å²) in [5, 5.41) is 3.28. The Kier molecular flexibility index (Phi) is 7.47. The second-order valence-corrected chi connectivity index (χ2v) is 5.51. The van der Waals surface area contributed by atoms with Gasteiger partial charge in [-0.2, -0.15) is 0 Å². The van der Waals surface area contributed by atoms with Gasteiger partial charge >= 0.3 is 0 Å². The molecule has 0 atom stereocenters. The summed E-state index contributed by atoms with van der Waals surface area (Å²) in [6, 6.07) is 5.09. The highest BCUT2D eigenvalue weighted by molar-refractivity contribution is 9.10. The highest BCUT2D eigenvalue weighted by atomic mass is 79.9.